The van der Waals surface area contributed by atoms with Crippen molar-refractivity contribution in [2.45, 2.75) is 50.7 Å². The third-order valence-corrected chi connectivity index (χ3v) is 4.43. The SMILES string of the molecule is O=c1[nH]c(=O)n(C2CC2)cc1CNC(CCc1ccccc1)C(F)F. The molecule has 7 heteroatoms. The molecule has 0 saturated heterocycles. The Balaban J connectivity index is 1.64. The van der Waals surface area contributed by atoms with Crippen LogP contribution in [0, 0.1) is 0 Å². The molecule has 0 bridgehead atoms. The quantitative estimate of drug-likeness (QED) is 0.768. The molecule has 1 atom stereocenters. The number of H-pyrrole nitrogens is 1. The number of benzene rings is 1. The molecule has 134 valence electrons. The molecule has 1 aliphatic carbocycles. The summed E-state index contributed by atoms with van der Waals surface area (Å²) in [7, 11) is 0. The van der Waals surface area contributed by atoms with Gasteiger partial charge in [0.15, 0.2) is 0 Å². The summed E-state index contributed by atoms with van der Waals surface area (Å²) in [5.41, 5.74) is 0.336. The Labute approximate surface area is 143 Å². The fourth-order valence-corrected chi connectivity index (χ4v) is 2.80. The van der Waals surface area contributed by atoms with E-state index in [1.807, 2.05) is 30.3 Å². The number of nitrogens with one attached hydrogen (secondary N) is 2. The predicted molar refractivity (Wildman–Crippen MR) is 91.0 cm³/mol. The van der Waals surface area contributed by atoms with Crippen LogP contribution in [0.15, 0.2) is 46.1 Å². The van der Waals surface area contributed by atoms with Crippen LogP contribution in [-0.4, -0.2) is 22.0 Å². The molecule has 1 aromatic heterocycles. The lowest BCUT2D eigenvalue weighted by atomic mass is 10.1. The average Bonchev–Trinajstić information content (AvgIpc) is 3.42. The van der Waals surface area contributed by atoms with E-state index in [9.17, 15) is 18.4 Å². The summed E-state index contributed by atoms with van der Waals surface area (Å²) in [5, 5.41) is 2.77. The average molecular weight is 349 g/mol. The van der Waals surface area contributed by atoms with E-state index in [0.29, 0.717) is 12.0 Å². The molecule has 0 radical (unpaired) electrons. The Kier molecular flexibility index (Phi) is 5.43. The molecule has 2 aromatic rings. The van der Waals surface area contributed by atoms with Gasteiger partial charge in [-0.25, -0.2) is 13.6 Å². The number of aromatic amines is 1. The second kappa shape index (κ2) is 7.74. The van der Waals surface area contributed by atoms with Gasteiger partial charge in [-0.2, -0.15) is 0 Å². The van der Waals surface area contributed by atoms with E-state index in [0.717, 1.165) is 18.4 Å². The molecular formula is C18H21F2N3O2. The number of nitrogens with zero attached hydrogens (tertiary/aromatic N) is 1. The summed E-state index contributed by atoms with van der Waals surface area (Å²) < 4.78 is 28.1. The second-order valence-electron chi connectivity index (χ2n) is 6.40. The van der Waals surface area contributed by atoms with Crippen LogP contribution in [0.1, 0.15) is 36.4 Å². The number of rotatable bonds is 8. The Morgan fingerprint density at radius 3 is 2.56 bits per heavy atom. The van der Waals surface area contributed by atoms with E-state index >= 15 is 0 Å². The molecule has 0 aliphatic heterocycles. The van der Waals surface area contributed by atoms with Crippen LogP contribution in [0.25, 0.3) is 0 Å². The van der Waals surface area contributed by atoms with Crippen LogP contribution in [0.4, 0.5) is 8.78 Å². The molecule has 2 N–H and O–H groups in total. The summed E-state index contributed by atoms with van der Waals surface area (Å²) in [6.45, 7) is 0.00608. The van der Waals surface area contributed by atoms with Gasteiger partial charge in [0.1, 0.15) is 0 Å². The molecular weight excluding hydrogens is 328 g/mol. The van der Waals surface area contributed by atoms with E-state index < -0.39 is 23.7 Å². The third kappa shape index (κ3) is 4.63. The summed E-state index contributed by atoms with van der Waals surface area (Å²) in [6, 6.07) is 8.54. The van der Waals surface area contributed by atoms with Crippen molar-refractivity contribution >= 4 is 0 Å². The molecule has 3 rings (SSSR count). The second-order valence-corrected chi connectivity index (χ2v) is 6.40. The van der Waals surface area contributed by atoms with E-state index in [4.69, 9.17) is 0 Å². The van der Waals surface area contributed by atoms with Crippen molar-refractivity contribution in [2.24, 2.45) is 0 Å². The van der Waals surface area contributed by atoms with Crippen LogP contribution in [-0.2, 0) is 13.0 Å². The summed E-state index contributed by atoms with van der Waals surface area (Å²) in [6.07, 6.45) is 1.55. The first-order valence-corrected chi connectivity index (χ1v) is 8.44. The highest BCUT2D eigenvalue weighted by molar-refractivity contribution is 5.15. The lowest BCUT2D eigenvalue weighted by molar-refractivity contribution is 0.0932. The minimum Gasteiger partial charge on any atom is -0.304 e. The third-order valence-electron chi connectivity index (χ3n) is 4.43. The van der Waals surface area contributed by atoms with Gasteiger partial charge in [0, 0.05) is 24.3 Å². The van der Waals surface area contributed by atoms with E-state index in [1.54, 1.807) is 0 Å². The van der Waals surface area contributed by atoms with Gasteiger partial charge >= 0.3 is 5.69 Å². The summed E-state index contributed by atoms with van der Waals surface area (Å²) >= 11 is 0. The van der Waals surface area contributed by atoms with Gasteiger partial charge in [0.25, 0.3) is 12.0 Å². The largest absolute Gasteiger partial charge is 0.328 e. The van der Waals surface area contributed by atoms with E-state index in [2.05, 4.69) is 10.3 Å². The molecule has 1 aliphatic rings. The first-order chi connectivity index (χ1) is 12.0. The number of aryl methyl sites for hydroxylation is 1. The molecule has 0 spiro atoms. The van der Waals surface area contributed by atoms with Gasteiger partial charge in [-0.15, -0.1) is 0 Å². The minimum absolute atomic E-state index is 0.00608. The van der Waals surface area contributed by atoms with Gasteiger partial charge in [-0.3, -0.25) is 14.3 Å². The highest BCUT2D eigenvalue weighted by Gasteiger charge is 2.26. The maximum atomic E-state index is 13.3. The molecule has 1 aromatic carbocycles. The van der Waals surface area contributed by atoms with Crippen LogP contribution in [0.5, 0.6) is 0 Å². The van der Waals surface area contributed by atoms with Crippen LogP contribution < -0.4 is 16.6 Å². The Morgan fingerprint density at radius 1 is 1.20 bits per heavy atom. The smallest absolute Gasteiger partial charge is 0.304 e. The molecule has 1 unspecified atom stereocenters. The van der Waals surface area contributed by atoms with Gasteiger partial charge in [0.2, 0.25) is 0 Å². The summed E-state index contributed by atoms with van der Waals surface area (Å²) in [5.74, 6) is 0. The zero-order valence-electron chi connectivity index (χ0n) is 13.8. The van der Waals surface area contributed by atoms with Crippen LogP contribution >= 0.6 is 0 Å². The number of aromatic nitrogens is 2. The van der Waals surface area contributed by atoms with E-state index in [-0.39, 0.29) is 19.0 Å². The standard InChI is InChI=1S/C18H21F2N3O2/c19-16(20)15(9-6-12-4-2-1-3-5-12)21-10-13-11-23(14-7-8-14)18(25)22-17(13)24/h1-5,11,14-16,21H,6-10H2,(H,22,24,25). The van der Waals surface area contributed by atoms with Crippen LogP contribution in [0.2, 0.25) is 0 Å². The van der Waals surface area contributed by atoms with Gasteiger partial charge < -0.3 is 5.32 Å². The van der Waals surface area contributed by atoms with Crippen molar-refractivity contribution in [3.8, 4) is 0 Å². The highest BCUT2D eigenvalue weighted by atomic mass is 19.3. The van der Waals surface area contributed by atoms with Crippen molar-refractivity contribution in [1.29, 1.82) is 0 Å². The maximum absolute atomic E-state index is 13.3. The maximum Gasteiger partial charge on any atom is 0.328 e. The number of hydrogen-bond acceptors (Lipinski definition) is 3. The predicted octanol–water partition coefficient (Wildman–Crippen LogP) is 2.23. The molecule has 25 heavy (non-hydrogen) atoms. The lowest BCUT2D eigenvalue weighted by Gasteiger charge is -2.18. The Morgan fingerprint density at radius 2 is 1.92 bits per heavy atom. The molecule has 1 saturated carbocycles. The van der Waals surface area contributed by atoms with Gasteiger partial charge in [0.05, 0.1) is 6.04 Å². The fourth-order valence-electron chi connectivity index (χ4n) is 2.80. The van der Waals surface area contributed by atoms with Crippen molar-refractivity contribution in [2.75, 3.05) is 0 Å². The fraction of sp³-hybridized carbons (Fsp3) is 0.444. The van der Waals surface area contributed by atoms with Crippen LogP contribution in [0.3, 0.4) is 0 Å². The minimum atomic E-state index is -2.53. The topological polar surface area (TPSA) is 66.9 Å². The number of alkyl halides is 2. The van der Waals surface area contributed by atoms with Crippen molar-refractivity contribution in [1.82, 2.24) is 14.9 Å². The molecule has 1 heterocycles. The Hall–Kier alpha value is -2.28. The first kappa shape index (κ1) is 17.5. The zero-order valence-corrected chi connectivity index (χ0v) is 13.8. The number of halogens is 2. The first-order valence-electron chi connectivity index (χ1n) is 8.44. The monoisotopic (exact) mass is 349 g/mol. The van der Waals surface area contributed by atoms with Crippen molar-refractivity contribution in [3.63, 3.8) is 0 Å². The van der Waals surface area contributed by atoms with E-state index in [1.165, 1.54) is 10.8 Å². The molecule has 0 amide bonds. The van der Waals surface area contributed by atoms with Gasteiger partial charge in [-0.05, 0) is 31.2 Å². The summed E-state index contributed by atoms with van der Waals surface area (Å²) in [4.78, 5) is 25.9. The molecule has 5 nitrogen and oxygen atoms in total. The molecule has 1 fully saturated rings. The van der Waals surface area contributed by atoms with Crippen molar-refractivity contribution < 1.29 is 8.78 Å². The van der Waals surface area contributed by atoms with Crippen molar-refractivity contribution in [3.05, 3.63) is 68.5 Å². The lowest BCUT2D eigenvalue weighted by Crippen LogP contribution is -2.39. The number of hydrogen-bond donors (Lipinski definition) is 2. The highest BCUT2D eigenvalue weighted by Crippen LogP contribution is 2.33. The normalized spacial score (nSPS) is 15.5. The Bertz CT molecular complexity index is 813. The van der Waals surface area contributed by atoms with Gasteiger partial charge in [-0.1, -0.05) is 30.3 Å². The zero-order chi connectivity index (χ0) is 17.8.